The Morgan fingerprint density at radius 3 is 2.76 bits per heavy atom. The predicted octanol–water partition coefficient (Wildman–Crippen LogP) is 3.79. The quantitative estimate of drug-likeness (QED) is 0.339. The predicted molar refractivity (Wildman–Crippen MR) is 141 cm³/mol. The second kappa shape index (κ2) is 9.49. The zero-order chi connectivity index (χ0) is 26.4. The Hall–Kier alpha value is -4.38. The molecule has 1 amide bonds. The number of halogens is 1. The van der Waals surface area contributed by atoms with Gasteiger partial charge < -0.3 is 21.1 Å². The van der Waals surface area contributed by atoms with E-state index in [0.29, 0.717) is 48.1 Å². The van der Waals surface area contributed by atoms with Crippen LogP contribution >= 0.6 is 0 Å². The fourth-order valence-corrected chi connectivity index (χ4v) is 4.97. The van der Waals surface area contributed by atoms with Crippen molar-refractivity contribution in [3.8, 4) is 11.4 Å². The summed E-state index contributed by atoms with van der Waals surface area (Å²) in [5.74, 6) is 0.428. The molecular weight excluding hydrogens is 487 g/mol. The first-order valence-electron chi connectivity index (χ1n) is 12.6. The number of amides is 1. The van der Waals surface area contributed by atoms with Crippen LogP contribution in [-0.4, -0.2) is 42.3 Å². The van der Waals surface area contributed by atoms with E-state index in [9.17, 15) is 9.90 Å². The molecule has 0 bridgehead atoms. The van der Waals surface area contributed by atoms with Gasteiger partial charge in [0.2, 0.25) is 11.9 Å². The number of aryl methyl sites for hydroxylation is 1. The van der Waals surface area contributed by atoms with E-state index < -0.39 is 11.7 Å². The molecule has 0 radical (unpaired) electrons. The van der Waals surface area contributed by atoms with Gasteiger partial charge in [-0.3, -0.25) is 9.48 Å². The highest BCUT2D eigenvalue weighted by molar-refractivity contribution is 6.09. The zero-order valence-electron chi connectivity index (χ0n) is 20.9. The highest BCUT2D eigenvalue weighted by atomic mass is 19.1. The number of aromatic nitrogens is 5. The average molecular weight is 515 g/mol. The standard InChI is InChI=1S/C27H27FN8O2/c1-2-35-10-9-22(34-35)30-27-32-24(31-26(29)33-27)18-4-3-5-21(19(18)14-37)36-11-8-16-12-17(15-6-7-15)13-20(28)23(16)25(36)38/h3-5,9-10,12-13,15,37H,2,6-8,11,14H2,1H3,(H3,29,30,31,32,33,34). The number of benzene rings is 2. The van der Waals surface area contributed by atoms with Crippen molar-refractivity contribution in [3.05, 3.63) is 70.7 Å². The number of hydrogen-bond acceptors (Lipinski definition) is 8. The van der Waals surface area contributed by atoms with Crippen molar-refractivity contribution in [1.29, 1.82) is 0 Å². The van der Waals surface area contributed by atoms with Gasteiger partial charge in [-0.15, -0.1) is 0 Å². The van der Waals surface area contributed by atoms with Crippen molar-refractivity contribution < 1.29 is 14.3 Å². The molecule has 1 fully saturated rings. The Balaban J connectivity index is 1.35. The number of nitrogens with zero attached hydrogens (tertiary/aromatic N) is 6. The van der Waals surface area contributed by atoms with Gasteiger partial charge in [-0.05, 0) is 55.4 Å². The van der Waals surface area contributed by atoms with Gasteiger partial charge in [0.25, 0.3) is 5.91 Å². The molecule has 0 saturated heterocycles. The first-order chi connectivity index (χ1) is 18.4. The number of nitrogens with one attached hydrogen (secondary N) is 1. The summed E-state index contributed by atoms with van der Waals surface area (Å²) in [6.45, 7) is 2.66. The Morgan fingerprint density at radius 2 is 2.03 bits per heavy atom. The number of fused-ring (bicyclic) bond motifs is 1. The van der Waals surface area contributed by atoms with Crippen molar-refractivity contribution in [2.75, 3.05) is 22.5 Å². The minimum Gasteiger partial charge on any atom is -0.392 e. The molecule has 1 aliphatic heterocycles. The number of nitrogens with two attached hydrogens (primary N) is 1. The molecule has 0 atom stereocenters. The molecule has 4 aromatic rings. The second-order valence-electron chi connectivity index (χ2n) is 9.50. The van der Waals surface area contributed by atoms with E-state index in [1.165, 1.54) is 11.0 Å². The number of nitrogen functional groups attached to an aromatic ring is 1. The van der Waals surface area contributed by atoms with E-state index in [1.807, 2.05) is 19.2 Å². The normalized spacial score (nSPS) is 15.0. The monoisotopic (exact) mass is 514 g/mol. The Kier molecular flexibility index (Phi) is 5.99. The van der Waals surface area contributed by atoms with Crippen LogP contribution in [0.2, 0.25) is 0 Å². The van der Waals surface area contributed by atoms with Crippen LogP contribution < -0.4 is 16.0 Å². The van der Waals surface area contributed by atoms with Gasteiger partial charge in [-0.1, -0.05) is 18.2 Å². The first-order valence-corrected chi connectivity index (χ1v) is 12.6. The third kappa shape index (κ3) is 4.34. The van der Waals surface area contributed by atoms with Crippen LogP contribution in [0.1, 0.15) is 52.7 Å². The number of rotatable bonds is 7. The summed E-state index contributed by atoms with van der Waals surface area (Å²) in [7, 11) is 0. The number of anilines is 4. The summed E-state index contributed by atoms with van der Waals surface area (Å²) in [5, 5.41) is 17.8. The van der Waals surface area contributed by atoms with Crippen LogP contribution in [0, 0.1) is 5.82 Å². The van der Waals surface area contributed by atoms with Gasteiger partial charge in [0, 0.05) is 36.5 Å². The summed E-state index contributed by atoms with van der Waals surface area (Å²) >= 11 is 0. The van der Waals surface area contributed by atoms with Crippen LogP contribution in [0.3, 0.4) is 0 Å². The lowest BCUT2D eigenvalue weighted by molar-refractivity contribution is 0.0976. The summed E-state index contributed by atoms with van der Waals surface area (Å²) in [6.07, 6.45) is 4.47. The van der Waals surface area contributed by atoms with Gasteiger partial charge in [-0.2, -0.15) is 20.1 Å². The fraction of sp³-hybridized carbons (Fsp3) is 0.296. The molecule has 1 aliphatic carbocycles. The molecule has 1 saturated carbocycles. The van der Waals surface area contributed by atoms with Crippen LogP contribution in [0.4, 0.5) is 27.8 Å². The number of carbonyl (C=O) groups is 1. The van der Waals surface area contributed by atoms with Crippen LogP contribution in [0.25, 0.3) is 11.4 Å². The van der Waals surface area contributed by atoms with Crippen molar-refractivity contribution >= 4 is 29.3 Å². The van der Waals surface area contributed by atoms with Gasteiger partial charge in [0.1, 0.15) is 5.82 Å². The molecule has 38 heavy (non-hydrogen) atoms. The van der Waals surface area contributed by atoms with E-state index >= 15 is 4.39 Å². The number of carbonyl (C=O) groups excluding carboxylic acids is 1. The molecule has 4 N–H and O–H groups in total. The van der Waals surface area contributed by atoms with E-state index in [4.69, 9.17) is 5.73 Å². The molecule has 10 nitrogen and oxygen atoms in total. The van der Waals surface area contributed by atoms with Crippen LogP contribution in [0.5, 0.6) is 0 Å². The summed E-state index contributed by atoms with van der Waals surface area (Å²) in [4.78, 5) is 28.0. The highest BCUT2D eigenvalue weighted by Crippen LogP contribution is 2.42. The van der Waals surface area contributed by atoms with Gasteiger partial charge in [0.05, 0.1) is 17.9 Å². The van der Waals surface area contributed by atoms with E-state index in [1.54, 1.807) is 28.9 Å². The molecule has 2 aliphatic rings. The molecule has 6 rings (SSSR count). The van der Waals surface area contributed by atoms with Gasteiger partial charge in [-0.25, -0.2) is 4.39 Å². The molecule has 2 aromatic heterocycles. The van der Waals surface area contributed by atoms with E-state index in [-0.39, 0.29) is 29.9 Å². The molecule has 3 heterocycles. The van der Waals surface area contributed by atoms with Crippen molar-refractivity contribution in [2.45, 2.75) is 45.3 Å². The largest absolute Gasteiger partial charge is 0.392 e. The molecular formula is C27H27FN8O2. The molecule has 0 unspecified atom stereocenters. The van der Waals surface area contributed by atoms with Gasteiger partial charge in [0.15, 0.2) is 11.6 Å². The lowest BCUT2D eigenvalue weighted by Crippen LogP contribution is -2.39. The maximum atomic E-state index is 15.1. The van der Waals surface area contributed by atoms with Crippen LogP contribution in [-0.2, 0) is 19.6 Å². The van der Waals surface area contributed by atoms with E-state index in [2.05, 4.69) is 25.4 Å². The highest BCUT2D eigenvalue weighted by Gasteiger charge is 2.33. The smallest absolute Gasteiger partial charge is 0.261 e. The number of hydrogen-bond donors (Lipinski definition) is 3. The van der Waals surface area contributed by atoms with Crippen molar-refractivity contribution in [1.82, 2.24) is 24.7 Å². The molecule has 194 valence electrons. The van der Waals surface area contributed by atoms with E-state index in [0.717, 1.165) is 24.0 Å². The summed E-state index contributed by atoms with van der Waals surface area (Å²) < 4.78 is 16.9. The van der Waals surface area contributed by atoms with Crippen molar-refractivity contribution in [2.24, 2.45) is 0 Å². The second-order valence-corrected chi connectivity index (χ2v) is 9.50. The molecule has 11 heteroatoms. The van der Waals surface area contributed by atoms with Crippen molar-refractivity contribution in [3.63, 3.8) is 0 Å². The summed E-state index contributed by atoms with van der Waals surface area (Å²) in [6, 6.07) is 10.5. The Morgan fingerprint density at radius 1 is 1.18 bits per heavy atom. The number of aliphatic hydroxyl groups excluding tert-OH is 1. The lowest BCUT2D eigenvalue weighted by Gasteiger charge is -2.31. The first kappa shape index (κ1) is 24.0. The SMILES string of the molecule is CCn1ccc(Nc2nc(N)nc(-c3cccc(N4CCc5cc(C6CC6)cc(F)c5C4=O)c3CO)n2)n1. The third-order valence-corrected chi connectivity index (χ3v) is 7.01. The maximum Gasteiger partial charge on any atom is 0.261 e. The molecule has 0 spiro atoms. The van der Waals surface area contributed by atoms with Gasteiger partial charge >= 0.3 is 0 Å². The lowest BCUT2D eigenvalue weighted by atomic mass is 9.93. The van der Waals surface area contributed by atoms with Crippen LogP contribution in [0.15, 0.2) is 42.6 Å². The maximum absolute atomic E-state index is 15.1. The Bertz CT molecular complexity index is 1550. The average Bonchev–Trinajstić information content (AvgIpc) is 3.67. The Labute approximate surface area is 218 Å². The topological polar surface area (TPSA) is 135 Å². The fourth-order valence-electron chi connectivity index (χ4n) is 4.97. The molecule has 2 aromatic carbocycles. The third-order valence-electron chi connectivity index (χ3n) is 7.01. The minimum absolute atomic E-state index is 0.0155. The summed E-state index contributed by atoms with van der Waals surface area (Å²) in [5.41, 5.74) is 9.19. The zero-order valence-corrected chi connectivity index (χ0v) is 20.9. The minimum atomic E-state index is -0.493. The number of aliphatic hydroxyl groups is 1.